The average Bonchev–Trinajstić information content (AvgIpc) is 2.46. The lowest BCUT2D eigenvalue weighted by Crippen LogP contribution is -2.37. The molecule has 2 rings (SSSR count). The molecule has 20 heavy (non-hydrogen) atoms. The van der Waals surface area contributed by atoms with Crippen LogP contribution < -0.4 is 0 Å². The second kappa shape index (κ2) is 6.53. The standard InChI is InChI=1S/C17H19BrO2/c1-13-3-2-4-14(9-13)10-17(11-19,12-20)15-5-7-16(18)8-6-15/h2-9,19-20H,10-12H2,1H3. The van der Waals surface area contributed by atoms with Gasteiger partial charge in [-0.3, -0.25) is 0 Å². The summed E-state index contributed by atoms with van der Waals surface area (Å²) < 4.78 is 0.988. The SMILES string of the molecule is Cc1cccc(CC(CO)(CO)c2ccc(Br)cc2)c1. The molecule has 0 aliphatic heterocycles. The Kier molecular flexibility index (Phi) is 4.97. The van der Waals surface area contributed by atoms with Gasteiger partial charge in [-0.2, -0.15) is 0 Å². The van der Waals surface area contributed by atoms with Crippen LogP contribution in [0.2, 0.25) is 0 Å². The van der Waals surface area contributed by atoms with Crippen molar-refractivity contribution in [3.63, 3.8) is 0 Å². The van der Waals surface area contributed by atoms with Crippen LogP contribution in [0.4, 0.5) is 0 Å². The molecule has 0 bridgehead atoms. The van der Waals surface area contributed by atoms with Gasteiger partial charge in [0.2, 0.25) is 0 Å². The molecule has 0 saturated carbocycles. The molecule has 2 N–H and O–H groups in total. The number of aryl methyl sites for hydroxylation is 1. The van der Waals surface area contributed by atoms with Crippen molar-refractivity contribution in [2.24, 2.45) is 0 Å². The van der Waals surface area contributed by atoms with Gasteiger partial charge in [0.05, 0.1) is 13.2 Å². The quantitative estimate of drug-likeness (QED) is 0.881. The van der Waals surface area contributed by atoms with Crippen molar-refractivity contribution < 1.29 is 10.2 Å². The summed E-state index contributed by atoms with van der Waals surface area (Å²) in [4.78, 5) is 0. The summed E-state index contributed by atoms with van der Waals surface area (Å²) in [6, 6.07) is 16.0. The summed E-state index contributed by atoms with van der Waals surface area (Å²) in [5.74, 6) is 0. The Hall–Kier alpha value is -1.16. The fraction of sp³-hybridized carbons (Fsp3) is 0.294. The topological polar surface area (TPSA) is 40.5 Å². The van der Waals surface area contributed by atoms with E-state index in [1.807, 2.05) is 49.4 Å². The fourth-order valence-electron chi connectivity index (χ4n) is 2.46. The molecule has 0 heterocycles. The molecule has 0 amide bonds. The van der Waals surface area contributed by atoms with Crippen LogP contribution in [0.1, 0.15) is 16.7 Å². The first-order valence-corrected chi connectivity index (χ1v) is 7.42. The molecular weight excluding hydrogens is 316 g/mol. The average molecular weight is 335 g/mol. The summed E-state index contributed by atoms with van der Waals surface area (Å²) in [7, 11) is 0. The Balaban J connectivity index is 2.36. The minimum absolute atomic E-state index is 0.0843. The van der Waals surface area contributed by atoms with Crippen LogP contribution in [0.3, 0.4) is 0 Å². The molecule has 2 nitrogen and oxygen atoms in total. The third kappa shape index (κ3) is 3.29. The van der Waals surface area contributed by atoms with Gasteiger partial charge in [0.25, 0.3) is 0 Å². The minimum Gasteiger partial charge on any atom is -0.395 e. The highest BCUT2D eigenvalue weighted by atomic mass is 79.9. The summed E-state index contributed by atoms with van der Waals surface area (Å²) in [6.45, 7) is 1.88. The van der Waals surface area contributed by atoms with Gasteiger partial charge in [-0.25, -0.2) is 0 Å². The van der Waals surface area contributed by atoms with Gasteiger partial charge in [0, 0.05) is 9.89 Å². The predicted molar refractivity (Wildman–Crippen MR) is 84.9 cm³/mol. The second-order valence-electron chi connectivity index (χ2n) is 5.27. The van der Waals surface area contributed by atoms with Gasteiger partial charge < -0.3 is 10.2 Å². The number of halogens is 1. The maximum absolute atomic E-state index is 9.86. The summed E-state index contributed by atoms with van der Waals surface area (Å²) >= 11 is 3.41. The number of aliphatic hydroxyl groups excluding tert-OH is 2. The van der Waals surface area contributed by atoms with E-state index in [1.165, 1.54) is 5.56 Å². The smallest absolute Gasteiger partial charge is 0.0553 e. The van der Waals surface area contributed by atoms with Crippen molar-refractivity contribution in [1.82, 2.24) is 0 Å². The van der Waals surface area contributed by atoms with E-state index in [0.29, 0.717) is 6.42 Å². The van der Waals surface area contributed by atoms with E-state index in [9.17, 15) is 10.2 Å². The molecule has 0 aliphatic rings. The van der Waals surface area contributed by atoms with Crippen LogP contribution in [0.15, 0.2) is 53.0 Å². The van der Waals surface area contributed by atoms with Gasteiger partial charge in [-0.15, -0.1) is 0 Å². The molecule has 0 spiro atoms. The predicted octanol–water partition coefficient (Wildman–Crippen LogP) is 3.22. The van der Waals surface area contributed by atoms with E-state index in [2.05, 4.69) is 22.0 Å². The van der Waals surface area contributed by atoms with Crippen LogP contribution in [-0.4, -0.2) is 23.4 Å². The number of rotatable bonds is 5. The fourth-order valence-corrected chi connectivity index (χ4v) is 2.73. The first kappa shape index (κ1) is 15.2. The van der Waals surface area contributed by atoms with Crippen molar-refractivity contribution in [3.8, 4) is 0 Å². The molecule has 0 unspecified atom stereocenters. The van der Waals surface area contributed by atoms with E-state index in [1.54, 1.807) is 0 Å². The van der Waals surface area contributed by atoms with Crippen molar-refractivity contribution >= 4 is 15.9 Å². The molecular formula is C17H19BrO2. The number of benzene rings is 2. The number of hydrogen-bond acceptors (Lipinski definition) is 2. The Bertz CT molecular complexity index is 559. The Morgan fingerprint density at radius 3 is 2.20 bits per heavy atom. The molecule has 0 radical (unpaired) electrons. The minimum atomic E-state index is -0.644. The molecule has 0 saturated heterocycles. The first-order valence-electron chi connectivity index (χ1n) is 6.63. The Morgan fingerprint density at radius 1 is 1.00 bits per heavy atom. The number of hydrogen-bond donors (Lipinski definition) is 2. The van der Waals surface area contributed by atoms with Crippen LogP contribution in [-0.2, 0) is 11.8 Å². The van der Waals surface area contributed by atoms with Gasteiger partial charge in [-0.1, -0.05) is 57.9 Å². The highest BCUT2D eigenvalue weighted by Gasteiger charge is 2.31. The third-order valence-electron chi connectivity index (χ3n) is 3.69. The molecule has 2 aromatic carbocycles. The van der Waals surface area contributed by atoms with Crippen molar-refractivity contribution in [2.75, 3.05) is 13.2 Å². The summed E-state index contributed by atoms with van der Waals surface area (Å²) in [5.41, 5.74) is 2.61. The van der Waals surface area contributed by atoms with E-state index in [4.69, 9.17) is 0 Å². The van der Waals surface area contributed by atoms with Crippen LogP contribution in [0.25, 0.3) is 0 Å². The first-order chi connectivity index (χ1) is 9.59. The maximum atomic E-state index is 9.86. The molecule has 3 heteroatoms. The summed E-state index contributed by atoms with van der Waals surface area (Å²) in [5, 5.41) is 19.7. The van der Waals surface area contributed by atoms with Crippen molar-refractivity contribution in [3.05, 3.63) is 69.7 Å². The zero-order valence-electron chi connectivity index (χ0n) is 11.5. The van der Waals surface area contributed by atoms with Gasteiger partial charge >= 0.3 is 0 Å². The molecule has 0 atom stereocenters. The summed E-state index contributed by atoms with van der Waals surface area (Å²) in [6.07, 6.45) is 0.614. The van der Waals surface area contributed by atoms with Crippen molar-refractivity contribution in [2.45, 2.75) is 18.8 Å². The van der Waals surface area contributed by atoms with Gasteiger partial charge in [-0.05, 0) is 36.6 Å². The highest BCUT2D eigenvalue weighted by Crippen LogP contribution is 2.29. The van der Waals surface area contributed by atoms with Gasteiger partial charge in [0.15, 0.2) is 0 Å². The van der Waals surface area contributed by atoms with Crippen molar-refractivity contribution in [1.29, 1.82) is 0 Å². The Morgan fingerprint density at radius 2 is 1.65 bits per heavy atom. The van der Waals surface area contributed by atoms with Crippen LogP contribution in [0.5, 0.6) is 0 Å². The van der Waals surface area contributed by atoms with Crippen LogP contribution in [0, 0.1) is 6.92 Å². The van der Waals surface area contributed by atoms with Gasteiger partial charge in [0.1, 0.15) is 0 Å². The van der Waals surface area contributed by atoms with Crippen LogP contribution >= 0.6 is 15.9 Å². The van der Waals surface area contributed by atoms with E-state index < -0.39 is 5.41 Å². The molecule has 106 valence electrons. The zero-order chi connectivity index (χ0) is 14.6. The highest BCUT2D eigenvalue weighted by molar-refractivity contribution is 9.10. The number of aliphatic hydroxyl groups is 2. The molecule has 2 aromatic rings. The lowest BCUT2D eigenvalue weighted by Gasteiger charge is -2.31. The Labute approximate surface area is 128 Å². The van der Waals surface area contributed by atoms with E-state index >= 15 is 0 Å². The largest absolute Gasteiger partial charge is 0.395 e. The van der Waals surface area contributed by atoms with E-state index in [0.717, 1.165) is 15.6 Å². The molecule has 0 aromatic heterocycles. The maximum Gasteiger partial charge on any atom is 0.0553 e. The van der Waals surface area contributed by atoms with E-state index in [-0.39, 0.29) is 13.2 Å². The third-order valence-corrected chi connectivity index (χ3v) is 4.22. The second-order valence-corrected chi connectivity index (χ2v) is 6.18. The zero-order valence-corrected chi connectivity index (χ0v) is 13.1. The lowest BCUT2D eigenvalue weighted by atomic mass is 9.76. The normalized spacial score (nSPS) is 11.6. The lowest BCUT2D eigenvalue weighted by molar-refractivity contribution is 0.116. The monoisotopic (exact) mass is 334 g/mol. The molecule has 0 aliphatic carbocycles. The molecule has 0 fully saturated rings.